The van der Waals surface area contributed by atoms with Crippen LogP contribution in [0.2, 0.25) is 5.02 Å². The predicted octanol–water partition coefficient (Wildman–Crippen LogP) is 3.01. The second kappa shape index (κ2) is 6.71. The molecule has 1 heterocycles. The van der Waals surface area contributed by atoms with Gasteiger partial charge in [-0.1, -0.05) is 11.6 Å². The van der Waals surface area contributed by atoms with Crippen LogP contribution in [0.5, 0.6) is 11.5 Å². The van der Waals surface area contributed by atoms with Crippen molar-refractivity contribution >= 4 is 21.7 Å². The Morgan fingerprint density at radius 3 is 2.39 bits per heavy atom. The zero-order chi connectivity index (χ0) is 17.3. The van der Waals surface area contributed by atoms with Gasteiger partial charge >= 0.3 is 15.6 Å². The van der Waals surface area contributed by atoms with Gasteiger partial charge in [-0.05, 0) is 18.6 Å². The molecule has 23 heavy (non-hydrogen) atoms. The van der Waals surface area contributed by atoms with Gasteiger partial charge in [-0.2, -0.15) is 21.6 Å². The molecule has 2 rings (SSSR count). The molecule has 1 aliphatic heterocycles. The van der Waals surface area contributed by atoms with Crippen LogP contribution >= 0.6 is 11.6 Å². The normalized spacial score (nSPS) is 17.1. The average molecular weight is 377 g/mol. The molecule has 1 saturated heterocycles. The van der Waals surface area contributed by atoms with Crippen LogP contribution in [0.15, 0.2) is 12.1 Å². The van der Waals surface area contributed by atoms with Crippen molar-refractivity contribution in [3.05, 3.63) is 22.7 Å². The number of benzene rings is 1. The van der Waals surface area contributed by atoms with E-state index >= 15 is 0 Å². The molecule has 0 saturated carbocycles. The number of hydrogen-bond acceptors (Lipinski definition) is 6. The fraction of sp³-hybridized carbons (Fsp3) is 0.500. The van der Waals surface area contributed by atoms with Gasteiger partial charge in [-0.25, -0.2) is 0 Å². The van der Waals surface area contributed by atoms with Crippen LogP contribution in [0.3, 0.4) is 0 Å². The zero-order valence-corrected chi connectivity index (χ0v) is 13.3. The lowest BCUT2D eigenvalue weighted by Gasteiger charge is -2.24. The molecule has 0 aromatic heterocycles. The van der Waals surface area contributed by atoms with Gasteiger partial charge in [0.2, 0.25) is 0 Å². The van der Waals surface area contributed by atoms with E-state index in [-0.39, 0.29) is 16.3 Å². The summed E-state index contributed by atoms with van der Waals surface area (Å²) in [7, 11) is -4.76. The lowest BCUT2D eigenvalue weighted by Crippen LogP contribution is -2.28. The van der Waals surface area contributed by atoms with Crippen LogP contribution in [0.1, 0.15) is 18.3 Å². The maximum Gasteiger partial charge on any atom is 0.534 e. The molecule has 0 bridgehead atoms. The molecule has 0 spiro atoms. The monoisotopic (exact) mass is 376 g/mol. The van der Waals surface area contributed by atoms with Crippen molar-refractivity contribution in [2.75, 3.05) is 20.3 Å². The first-order valence-corrected chi connectivity index (χ1v) is 8.05. The summed E-state index contributed by atoms with van der Waals surface area (Å²) in [4.78, 5) is 0. The van der Waals surface area contributed by atoms with Gasteiger partial charge in [0.25, 0.3) is 0 Å². The van der Waals surface area contributed by atoms with E-state index < -0.39 is 27.7 Å². The van der Waals surface area contributed by atoms with Gasteiger partial charge in [0.05, 0.1) is 25.3 Å². The van der Waals surface area contributed by atoms with E-state index in [0.717, 1.165) is 13.2 Å². The van der Waals surface area contributed by atoms with E-state index in [1.54, 1.807) is 0 Å². The third-order valence-corrected chi connectivity index (χ3v) is 4.06. The van der Waals surface area contributed by atoms with E-state index in [1.807, 2.05) is 0 Å². The van der Waals surface area contributed by atoms with Crippen LogP contribution in [-0.4, -0.2) is 34.2 Å². The smallest absolute Gasteiger partial charge is 0.491 e. The Morgan fingerprint density at radius 1 is 1.26 bits per heavy atom. The number of ether oxygens (including phenoxy) is 3. The summed E-state index contributed by atoms with van der Waals surface area (Å²) in [6.07, 6.45) is -0.227. The highest BCUT2D eigenvalue weighted by atomic mass is 35.5. The van der Waals surface area contributed by atoms with Crippen LogP contribution in [0, 0.1) is 0 Å². The van der Waals surface area contributed by atoms with Crippen molar-refractivity contribution in [2.24, 2.45) is 0 Å². The maximum absolute atomic E-state index is 12.5. The van der Waals surface area contributed by atoms with E-state index in [4.69, 9.17) is 25.8 Å². The fourth-order valence-corrected chi connectivity index (χ4v) is 2.58. The third-order valence-electron chi connectivity index (χ3n) is 2.82. The molecule has 11 heteroatoms. The first-order valence-electron chi connectivity index (χ1n) is 6.27. The van der Waals surface area contributed by atoms with Crippen molar-refractivity contribution in [3.63, 3.8) is 0 Å². The molecule has 130 valence electrons. The summed E-state index contributed by atoms with van der Waals surface area (Å²) in [5.74, 6) is -1.05. The Labute approximate surface area is 135 Å². The van der Waals surface area contributed by atoms with Crippen molar-refractivity contribution in [1.29, 1.82) is 0 Å². The molecule has 1 fully saturated rings. The Hall–Kier alpha value is -1.23. The number of halogens is 4. The standard InChI is InChI=1S/C12H12ClF3O6S/c1-19-10-8(13)5-7(11-20-3-2-4-21-11)6-9(10)22-23(17,18)12(14,15)16/h5-6,11H,2-4H2,1H3. The second-order valence-electron chi connectivity index (χ2n) is 4.44. The summed E-state index contributed by atoms with van der Waals surface area (Å²) >= 11 is 5.90. The summed E-state index contributed by atoms with van der Waals surface area (Å²) in [5.41, 5.74) is -5.37. The summed E-state index contributed by atoms with van der Waals surface area (Å²) in [6.45, 7) is 0.761. The third kappa shape index (κ3) is 4.00. The maximum atomic E-state index is 12.5. The Bertz CT molecular complexity index is 670. The Kier molecular flexibility index (Phi) is 5.29. The first-order chi connectivity index (χ1) is 10.7. The summed E-state index contributed by atoms with van der Waals surface area (Å²) in [6, 6.07) is 2.35. The largest absolute Gasteiger partial charge is 0.534 e. The highest BCUT2D eigenvalue weighted by Crippen LogP contribution is 2.41. The van der Waals surface area contributed by atoms with Crippen LogP contribution in [0.4, 0.5) is 13.2 Å². The molecule has 0 radical (unpaired) electrons. The lowest BCUT2D eigenvalue weighted by molar-refractivity contribution is -0.183. The first kappa shape index (κ1) is 18.1. The molecule has 1 aliphatic rings. The molecule has 0 N–H and O–H groups in total. The lowest BCUT2D eigenvalue weighted by atomic mass is 10.2. The molecule has 0 unspecified atom stereocenters. The van der Waals surface area contributed by atoms with Gasteiger partial charge < -0.3 is 18.4 Å². The molecule has 0 amide bonds. The topological polar surface area (TPSA) is 71.1 Å². The average Bonchev–Trinajstić information content (AvgIpc) is 2.46. The quantitative estimate of drug-likeness (QED) is 0.594. The van der Waals surface area contributed by atoms with Gasteiger partial charge in [0.1, 0.15) is 0 Å². The van der Waals surface area contributed by atoms with Crippen molar-refractivity contribution in [3.8, 4) is 11.5 Å². The van der Waals surface area contributed by atoms with Crippen molar-refractivity contribution in [2.45, 2.75) is 18.2 Å². The van der Waals surface area contributed by atoms with Crippen LogP contribution < -0.4 is 8.92 Å². The Morgan fingerprint density at radius 2 is 1.87 bits per heavy atom. The van der Waals surface area contributed by atoms with Crippen molar-refractivity contribution < 1.29 is 40.0 Å². The molecule has 0 aliphatic carbocycles. The van der Waals surface area contributed by atoms with Gasteiger partial charge in [-0.3, -0.25) is 0 Å². The van der Waals surface area contributed by atoms with E-state index in [1.165, 1.54) is 6.07 Å². The van der Waals surface area contributed by atoms with Gasteiger partial charge in [0, 0.05) is 5.56 Å². The molecule has 0 atom stereocenters. The van der Waals surface area contributed by atoms with Gasteiger partial charge in [0.15, 0.2) is 17.8 Å². The van der Waals surface area contributed by atoms with E-state index in [0.29, 0.717) is 19.6 Å². The molecule has 1 aromatic carbocycles. The highest BCUT2D eigenvalue weighted by Gasteiger charge is 2.49. The number of methoxy groups -OCH3 is 1. The predicted molar refractivity (Wildman–Crippen MR) is 72.9 cm³/mol. The van der Waals surface area contributed by atoms with Gasteiger partial charge in [-0.15, -0.1) is 0 Å². The minimum absolute atomic E-state index is 0.143. The van der Waals surface area contributed by atoms with E-state index in [2.05, 4.69) is 4.18 Å². The minimum Gasteiger partial charge on any atom is -0.491 e. The molecular weight excluding hydrogens is 365 g/mol. The van der Waals surface area contributed by atoms with Crippen molar-refractivity contribution in [1.82, 2.24) is 0 Å². The second-order valence-corrected chi connectivity index (χ2v) is 6.39. The zero-order valence-electron chi connectivity index (χ0n) is 11.7. The summed E-state index contributed by atoms with van der Waals surface area (Å²) < 4.78 is 79.3. The molecule has 6 nitrogen and oxygen atoms in total. The SMILES string of the molecule is COc1c(Cl)cc(C2OCCCO2)cc1OS(=O)(=O)C(F)(F)F. The van der Waals surface area contributed by atoms with Crippen LogP contribution in [-0.2, 0) is 19.6 Å². The minimum atomic E-state index is -5.87. The number of rotatable bonds is 4. The van der Waals surface area contributed by atoms with E-state index in [9.17, 15) is 21.6 Å². The molecular formula is C12H12ClF3O6S. The molecule has 1 aromatic rings. The number of hydrogen-bond donors (Lipinski definition) is 0. The Balaban J connectivity index is 2.42. The fourth-order valence-electron chi connectivity index (χ4n) is 1.83. The van der Waals surface area contributed by atoms with Crippen LogP contribution in [0.25, 0.3) is 0 Å². The summed E-state index contributed by atoms with van der Waals surface area (Å²) in [5, 5.41) is -0.143. The number of alkyl halides is 3. The highest BCUT2D eigenvalue weighted by molar-refractivity contribution is 7.88.